The summed E-state index contributed by atoms with van der Waals surface area (Å²) in [5.74, 6) is 0.485. The second kappa shape index (κ2) is 9.73. The van der Waals surface area contributed by atoms with Gasteiger partial charge in [0.2, 0.25) is 15.9 Å². The maximum atomic E-state index is 12.8. The molecule has 6 nitrogen and oxygen atoms in total. The smallest absolute Gasteiger partial charge is 0.243 e. The van der Waals surface area contributed by atoms with Crippen LogP contribution in [0.25, 0.3) is 10.8 Å². The number of ether oxygens (including phenoxy) is 1. The number of hydrogen-bond acceptors (Lipinski definition) is 4. The number of likely N-dealkylation sites (N-methyl/N-ethyl adjacent to an activating group) is 1. The van der Waals surface area contributed by atoms with Crippen molar-refractivity contribution in [1.29, 1.82) is 0 Å². The van der Waals surface area contributed by atoms with E-state index in [-0.39, 0.29) is 17.3 Å². The summed E-state index contributed by atoms with van der Waals surface area (Å²) in [6, 6.07) is 20.3. The van der Waals surface area contributed by atoms with Crippen LogP contribution in [0.5, 0.6) is 5.75 Å². The van der Waals surface area contributed by atoms with Gasteiger partial charge in [-0.3, -0.25) is 4.79 Å². The number of nitrogens with zero attached hydrogens (tertiary/aromatic N) is 1. The van der Waals surface area contributed by atoms with Gasteiger partial charge < -0.3 is 10.1 Å². The Hall–Kier alpha value is -2.90. The number of fused-ring (bicyclic) bond motifs is 1. The lowest BCUT2D eigenvalue weighted by atomic mass is 10.1. The van der Waals surface area contributed by atoms with Crippen molar-refractivity contribution in [1.82, 2.24) is 9.62 Å². The first-order valence-corrected chi connectivity index (χ1v) is 11.2. The molecule has 0 spiro atoms. The number of methoxy groups -OCH3 is 1. The highest BCUT2D eigenvalue weighted by atomic mass is 32.2. The molecule has 0 unspecified atom stereocenters. The van der Waals surface area contributed by atoms with Gasteiger partial charge in [0.15, 0.2) is 0 Å². The first kappa shape index (κ1) is 21.8. The Morgan fingerprint density at radius 3 is 2.40 bits per heavy atom. The molecule has 30 heavy (non-hydrogen) atoms. The van der Waals surface area contributed by atoms with Gasteiger partial charge >= 0.3 is 0 Å². The van der Waals surface area contributed by atoms with Crippen LogP contribution in [0.15, 0.2) is 71.6 Å². The minimum Gasteiger partial charge on any atom is -0.497 e. The molecule has 0 bridgehead atoms. The van der Waals surface area contributed by atoms with Gasteiger partial charge in [0, 0.05) is 13.6 Å². The van der Waals surface area contributed by atoms with Crippen LogP contribution >= 0.6 is 0 Å². The largest absolute Gasteiger partial charge is 0.497 e. The van der Waals surface area contributed by atoms with Crippen molar-refractivity contribution in [3.8, 4) is 5.75 Å². The highest BCUT2D eigenvalue weighted by Crippen LogP contribution is 2.21. The minimum absolute atomic E-state index is 0.177. The monoisotopic (exact) mass is 426 g/mol. The zero-order valence-corrected chi connectivity index (χ0v) is 18.0. The zero-order valence-electron chi connectivity index (χ0n) is 17.2. The number of nitrogens with one attached hydrogen (secondary N) is 1. The van der Waals surface area contributed by atoms with Crippen molar-refractivity contribution in [2.45, 2.75) is 17.7 Å². The summed E-state index contributed by atoms with van der Waals surface area (Å²) >= 11 is 0. The highest BCUT2D eigenvalue weighted by molar-refractivity contribution is 7.89. The molecule has 7 heteroatoms. The fourth-order valence-corrected chi connectivity index (χ4v) is 4.33. The average Bonchev–Trinajstić information content (AvgIpc) is 2.76. The van der Waals surface area contributed by atoms with Gasteiger partial charge in [-0.1, -0.05) is 42.5 Å². The number of hydrogen-bond donors (Lipinski definition) is 1. The summed E-state index contributed by atoms with van der Waals surface area (Å²) in [7, 11) is -0.700. The number of carbonyl (C=O) groups is 1. The third kappa shape index (κ3) is 5.37. The summed E-state index contributed by atoms with van der Waals surface area (Å²) in [4.78, 5) is 12.4. The molecule has 158 valence electrons. The SMILES string of the molecule is COc1ccc(CCCNC(=O)CN(C)S(=O)(=O)c2ccc3ccccc3c2)cc1. The molecule has 0 radical (unpaired) electrons. The fourth-order valence-electron chi connectivity index (χ4n) is 3.16. The van der Waals surface area contributed by atoms with Crippen LogP contribution in [0, 0.1) is 0 Å². The molecule has 0 atom stereocenters. The van der Waals surface area contributed by atoms with Crippen LogP contribution in [0.2, 0.25) is 0 Å². The molecule has 0 saturated carbocycles. The van der Waals surface area contributed by atoms with E-state index in [2.05, 4.69) is 5.32 Å². The van der Waals surface area contributed by atoms with Gasteiger partial charge in [-0.25, -0.2) is 8.42 Å². The van der Waals surface area contributed by atoms with E-state index in [0.29, 0.717) is 6.54 Å². The molecule has 3 aromatic carbocycles. The predicted molar refractivity (Wildman–Crippen MR) is 118 cm³/mol. The number of rotatable bonds is 9. The molecule has 0 aromatic heterocycles. The van der Waals surface area contributed by atoms with E-state index in [0.717, 1.165) is 39.2 Å². The molecule has 0 aliphatic heterocycles. The standard InChI is InChI=1S/C23H26N2O4S/c1-25(30(27,28)22-14-11-19-7-3-4-8-20(19)16-22)17-23(26)24-15-5-6-18-9-12-21(29-2)13-10-18/h3-4,7-14,16H,5-6,15,17H2,1-2H3,(H,24,26). The number of aryl methyl sites for hydroxylation is 1. The first-order chi connectivity index (χ1) is 14.4. The van der Waals surface area contributed by atoms with E-state index in [1.165, 1.54) is 7.05 Å². The lowest BCUT2D eigenvalue weighted by Crippen LogP contribution is -2.38. The van der Waals surface area contributed by atoms with Crippen molar-refractivity contribution >= 4 is 26.7 Å². The molecule has 3 rings (SSSR count). The lowest BCUT2D eigenvalue weighted by molar-refractivity contribution is -0.121. The Morgan fingerprint density at radius 2 is 1.70 bits per heavy atom. The molecule has 1 N–H and O–H groups in total. The molecule has 0 fully saturated rings. The van der Waals surface area contributed by atoms with Gasteiger partial charge in [-0.2, -0.15) is 4.31 Å². The normalized spacial score (nSPS) is 11.6. The molecule has 0 saturated heterocycles. The molecular weight excluding hydrogens is 400 g/mol. The molecule has 3 aromatic rings. The van der Waals surface area contributed by atoms with E-state index in [9.17, 15) is 13.2 Å². The van der Waals surface area contributed by atoms with Crippen molar-refractivity contribution in [2.24, 2.45) is 0 Å². The van der Waals surface area contributed by atoms with Crippen LogP contribution in [0.1, 0.15) is 12.0 Å². The zero-order chi connectivity index (χ0) is 21.6. The average molecular weight is 427 g/mol. The van der Waals surface area contributed by atoms with Gasteiger partial charge in [0.1, 0.15) is 5.75 Å². The lowest BCUT2D eigenvalue weighted by Gasteiger charge is -2.17. The Balaban J connectivity index is 1.50. The molecular formula is C23H26N2O4S. The van der Waals surface area contributed by atoms with Crippen molar-refractivity contribution in [2.75, 3.05) is 27.2 Å². The van der Waals surface area contributed by atoms with Crippen LogP contribution in [-0.4, -0.2) is 45.9 Å². The predicted octanol–water partition coefficient (Wildman–Crippen LogP) is 3.22. The summed E-state index contributed by atoms with van der Waals surface area (Å²) in [5, 5.41) is 4.60. The first-order valence-electron chi connectivity index (χ1n) is 9.75. The second-order valence-corrected chi connectivity index (χ2v) is 9.12. The van der Waals surface area contributed by atoms with Crippen LogP contribution in [-0.2, 0) is 21.2 Å². The third-order valence-electron chi connectivity index (χ3n) is 4.92. The molecule has 0 aliphatic carbocycles. The van der Waals surface area contributed by atoms with Crippen LogP contribution in [0.4, 0.5) is 0 Å². The molecule has 1 amide bonds. The minimum atomic E-state index is -3.75. The van der Waals surface area contributed by atoms with Crippen molar-refractivity contribution in [3.63, 3.8) is 0 Å². The number of benzene rings is 3. The summed E-state index contributed by atoms with van der Waals surface area (Å²) < 4.78 is 31.8. The highest BCUT2D eigenvalue weighted by Gasteiger charge is 2.23. The summed E-state index contributed by atoms with van der Waals surface area (Å²) in [5.41, 5.74) is 1.15. The number of amides is 1. The van der Waals surface area contributed by atoms with Crippen LogP contribution < -0.4 is 10.1 Å². The van der Waals surface area contributed by atoms with E-state index in [4.69, 9.17) is 4.74 Å². The number of carbonyl (C=O) groups excluding carboxylic acids is 1. The van der Waals surface area contributed by atoms with E-state index < -0.39 is 10.0 Å². The van der Waals surface area contributed by atoms with Crippen molar-refractivity contribution in [3.05, 3.63) is 72.3 Å². The van der Waals surface area contributed by atoms with Crippen molar-refractivity contribution < 1.29 is 17.9 Å². The quantitative estimate of drug-likeness (QED) is 0.533. The topological polar surface area (TPSA) is 75.7 Å². The third-order valence-corrected chi connectivity index (χ3v) is 6.72. The Labute approximate surface area is 177 Å². The van der Waals surface area contributed by atoms with Crippen LogP contribution in [0.3, 0.4) is 0 Å². The van der Waals surface area contributed by atoms with E-state index in [1.807, 2.05) is 48.5 Å². The maximum absolute atomic E-state index is 12.8. The van der Waals surface area contributed by atoms with Gasteiger partial charge in [-0.05, 0) is 53.4 Å². The Bertz CT molecular complexity index is 1110. The second-order valence-electron chi connectivity index (χ2n) is 7.07. The number of sulfonamides is 1. The fraction of sp³-hybridized carbons (Fsp3) is 0.261. The van der Waals surface area contributed by atoms with Gasteiger partial charge in [0.25, 0.3) is 0 Å². The summed E-state index contributed by atoms with van der Waals surface area (Å²) in [6.07, 6.45) is 1.58. The summed E-state index contributed by atoms with van der Waals surface area (Å²) in [6.45, 7) is 0.256. The maximum Gasteiger partial charge on any atom is 0.243 e. The molecule has 0 heterocycles. The molecule has 0 aliphatic rings. The van der Waals surface area contributed by atoms with Gasteiger partial charge in [-0.15, -0.1) is 0 Å². The Kier molecular flexibility index (Phi) is 7.07. The Morgan fingerprint density at radius 1 is 1.00 bits per heavy atom. The van der Waals surface area contributed by atoms with Gasteiger partial charge in [0.05, 0.1) is 18.6 Å². The van der Waals surface area contributed by atoms with E-state index in [1.54, 1.807) is 25.3 Å². The van der Waals surface area contributed by atoms with E-state index >= 15 is 0 Å².